The Kier molecular flexibility index (Phi) is 4.80. The third-order valence-electron chi connectivity index (χ3n) is 3.07. The molecule has 0 fully saturated rings. The predicted molar refractivity (Wildman–Crippen MR) is 76.3 cm³/mol. The highest BCUT2D eigenvalue weighted by atomic mass is 35.5. The molecule has 2 aromatic carbocycles. The quantitative estimate of drug-likeness (QED) is 0.717. The molecule has 0 heterocycles. The highest BCUT2D eigenvalue weighted by Gasteiger charge is 2.10. The zero-order chi connectivity index (χ0) is 13.7. The van der Waals surface area contributed by atoms with Crippen molar-refractivity contribution in [3.63, 3.8) is 0 Å². The molecule has 0 aromatic heterocycles. The molecule has 0 spiro atoms. The summed E-state index contributed by atoms with van der Waals surface area (Å²) < 4.78 is 18.5. The van der Waals surface area contributed by atoms with Crippen LogP contribution in [0.15, 0.2) is 48.5 Å². The first-order chi connectivity index (χ1) is 9.20. The summed E-state index contributed by atoms with van der Waals surface area (Å²) in [6, 6.07) is 14.5. The summed E-state index contributed by atoms with van der Waals surface area (Å²) in [7, 11) is 1.59. The summed E-state index contributed by atoms with van der Waals surface area (Å²) in [5, 5.41) is -0.0748. The van der Waals surface area contributed by atoms with Gasteiger partial charge >= 0.3 is 0 Å². The van der Waals surface area contributed by atoms with Crippen molar-refractivity contribution in [1.82, 2.24) is 0 Å². The number of rotatable bonds is 5. The SMILES string of the molecule is COc1ccc(F)cc1CCC(Cl)c1ccccc1. The van der Waals surface area contributed by atoms with E-state index in [-0.39, 0.29) is 11.2 Å². The van der Waals surface area contributed by atoms with E-state index in [1.807, 2.05) is 30.3 Å². The van der Waals surface area contributed by atoms with Crippen molar-refractivity contribution in [3.8, 4) is 5.75 Å². The Morgan fingerprint density at radius 2 is 1.89 bits per heavy atom. The van der Waals surface area contributed by atoms with Crippen molar-refractivity contribution in [1.29, 1.82) is 0 Å². The molecular weight excluding hydrogens is 263 g/mol. The number of methoxy groups -OCH3 is 1. The molecule has 3 heteroatoms. The number of halogens is 2. The van der Waals surface area contributed by atoms with Crippen molar-refractivity contribution in [3.05, 3.63) is 65.5 Å². The van der Waals surface area contributed by atoms with Gasteiger partial charge in [0.05, 0.1) is 12.5 Å². The van der Waals surface area contributed by atoms with Crippen LogP contribution in [0.25, 0.3) is 0 Å². The van der Waals surface area contributed by atoms with Crippen molar-refractivity contribution in [2.75, 3.05) is 7.11 Å². The number of aryl methyl sites for hydroxylation is 1. The Morgan fingerprint density at radius 1 is 1.16 bits per heavy atom. The number of ether oxygens (including phenoxy) is 1. The molecule has 1 nitrogen and oxygen atoms in total. The molecule has 0 aliphatic carbocycles. The highest BCUT2D eigenvalue weighted by molar-refractivity contribution is 6.20. The first-order valence-corrected chi connectivity index (χ1v) is 6.66. The van der Waals surface area contributed by atoms with Crippen molar-refractivity contribution in [2.45, 2.75) is 18.2 Å². The molecule has 0 amide bonds. The van der Waals surface area contributed by atoms with Crippen molar-refractivity contribution >= 4 is 11.6 Å². The Morgan fingerprint density at radius 3 is 2.58 bits per heavy atom. The molecule has 19 heavy (non-hydrogen) atoms. The lowest BCUT2D eigenvalue weighted by Gasteiger charge is -2.12. The zero-order valence-corrected chi connectivity index (χ0v) is 11.5. The highest BCUT2D eigenvalue weighted by Crippen LogP contribution is 2.28. The predicted octanol–water partition coefficient (Wildman–Crippen LogP) is 4.75. The zero-order valence-electron chi connectivity index (χ0n) is 10.8. The van der Waals surface area contributed by atoms with Gasteiger partial charge in [0, 0.05) is 0 Å². The van der Waals surface area contributed by atoms with Crippen LogP contribution in [0.1, 0.15) is 22.9 Å². The van der Waals surface area contributed by atoms with Gasteiger partial charge in [-0.05, 0) is 42.2 Å². The molecule has 0 N–H and O–H groups in total. The second-order valence-electron chi connectivity index (χ2n) is 4.37. The summed E-state index contributed by atoms with van der Waals surface area (Å²) in [6.45, 7) is 0. The monoisotopic (exact) mass is 278 g/mol. The number of hydrogen-bond donors (Lipinski definition) is 0. The lowest BCUT2D eigenvalue weighted by molar-refractivity contribution is 0.407. The first-order valence-electron chi connectivity index (χ1n) is 6.22. The molecule has 100 valence electrons. The molecule has 2 rings (SSSR count). The smallest absolute Gasteiger partial charge is 0.123 e. The normalized spacial score (nSPS) is 12.2. The van der Waals surface area contributed by atoms with Crippen LogP contribution in [0.2, 0.25) is 0 Å². The van der Waals surface area contributed by atoms with Crippen LogP contribution in [0.3, 0.4) is 0 Å². The summed E-state index contributed by atoms with van der Waals surface area (Å²) >= 11 is 6.36. The van der Waals surface area contributed by atoms with Crippen LogP contribution < -0.4 is 4.74 Å². The third kappa shape index (κ3) is 3.71. The van der Waals surface area contributed by atoms with Gasteiger partial charge in [0.15, 0.2) is 0 Å². The Hall–Kier alpha value is -1.54. The minimum Gasteiger partial charge on any atom is -0.496 e. The van der Waals surface area contributed by atoms with Gasteiger partial charge in [0.25, 0.3) is 0 Å². The molecule has 0 radical (unpaired) electrons. The van der Waals surface area contributed by atoms with E-state index in [0.717, 1.165) is 17.5 Å². The van der Waals surface area contributed by atoms with Crippen LogP contribution >= 0.6 is 11.6 Å². The molecular formula is C16H16ClFO. The summed E-state index contributed by atoms with van der Waals surface area (Å²) in [5.41, 5.74) is 1.93. The number of benzene rings is 2. The van der Waals surface area contributed by atoms with Gasteiger partial charge in [-0.3, -0.25) is 0 Å². The molecule has 0 saturated heterocycles. The third-order valence-corrected chi connectivity index (χ3v) is 3.54. The van der Waals surface area contributed by atoms with E-state index in [2.05, 4.69) is 0 Å². The number of hydrogen-bond acceptors (Lipinski definition) is 1. The maximum absolute atomic E-state index is 13.2. The van der Waals surface area contributed by atoms with E-state index >= 15 is 0 Å². The fraction of sp³-hybridized carbons (Fsp3) is 0.250. The molecule has 2 aromatic rings. The summed E-state index contributed by atoms with van der Waals surface area (Å²) in [6.07, 6.45) is 1.43. The van der Waals surface area contributed by atoms with Crippen LogP contribution in [-0.2, 0) is 6.42 Å². The van der Waals surface area contributed by atoms with E-state index in [1.54, 1.807) is 13.2 Å². The van der Waals surface area contributed by atoms with Gasteiger partial charge in [-0.1, -0.05) is 30.3 Å². The maximum Gasteiger partial charge on any atom is 0.123 e. The maximum atomic E-state index is 13.2. The van der Waals surface area contributed by atoms with E-state index in [0.29, 0.717) is 12.2 Å². The Labute approximate surface area is 118 Å². The second-order valence-corrected chi connectivity index (χ2v) is 4.90. The van der Waals surface area contributed by atoms with E-state index in [1.165, 1.54) is 12.1 Å². The average Bonchev–Trinajstić information content (AvgIpc) is 2.46. The molecule has 0 bridgehead atoms. The van der Waals surface area contributed by atoms with Crippen LogP contribution in [-0.4, -0.2) is 7.11 Å². The molecule has 0 saturated carbocycles. The molecule has 0 aliphatic rings. The average molecular weight is 279 g/mol. The van der Waals surface area contributed by atoms with Gasteiger partial charge in [0.2, 0.25) is 0 Å². The minimum atomic E-state index is -0.248. The van der Waals surface area contributed by atoms with Gasteiger partial charge < -0.3 is 4.74 Å². The van der Waals surface area contributed by atoms with Crippen molar-refractivity contribution < 1.29 is 9.13 Å². The first kappa shape index (κ1) is 13.9. The Balaban J connectivity index is 2.04. The second kappa shape index (κ2) is 6.58. The molecule has 1 unspecified atom stereocenters. The fourth-order valence-corrected chi connectivity index (χ4v) is 2.31. The van der Waals surface area contributed by atoms with Gasteiger partial charge in [-0.15, -0.1) is 11.6 Å². The summed E-state index contributed by atoms with van der Waals surface area (Å²) in [5.74, 6) is 0.458. The largest absolute Gasteiger partial charge is 0.496 e. The van der Waals surface area contributed by atoms with Crippen LogP contribution in [0, 0.1) is 5.82 Å². The Bertz CT molecular complexity index is 528. The summed E-state index contributed by atoms with van der Waals surface area (Å²) in [4.78, 5) is 0. The fourth-order valence-electron chi connectivity index (χ4n) is 2.05. The lowest BCUT2D eigenvalue weighted by Crippen LogP contribution is -1.97. The van der Waals surface area contributed by atoms with Crippen molar-refractivity contribution in [2.24, 2.45) is 0 Å². The topological polar surface area (TPSA) is 9.23 Å². The van der Waals surface area contributed by atoms with Crippen LogP contribution in [0.5, 0.6) is 5.75 Å². The van der Waals surface area contributed by atoms with E-state index in [4.69, 9.17) is 16.3 Å². The van der Waals surface area contributed by atoms with Gasteiger partial charge in [-0.25, -0.2) is 4.39 Å². The van der Waals surface area contributed by atoms with Crippen LogP contribution in [0.4, 0.5) is 4.39 Å². The minimum absolute atomic E-state index is 0.0748. The van der Waals surface area contributed by atoms with E-state index < -0.39 is 0 Å². The molecule has 1 atom stereocenters. The van der Waals surface area contributed by atoms with Gasteiger partial charge in [0.1, 0.15) is 11.6 Å². The number of alkyl halides is 1. The van der Waals surface area contributed by atoms with Gasteiger partial charge in [-0.2, -0.15) is 0 Å². The lowest BCUT2D eigenvalue weighted by atomic mass is 10.0. The molecule has 0 aliphatic heterocycles. The standard InChI is InChI=1S/C16H16ClFO/c1-19-16-10-8-14(18)11-13(16)7-9-15(17)12-5-3-2-4-6-12/h2-6,8,10-11,15H,7,9H2,1H3. The van der Waals surface area contributed by atoms with E-state index in [9.17, 15) is 4.39 Å².